The van der Waals surface area contributed by atoms with E-state index in [-0.39, 0.29) is 12.5 Å². The molecule has 4 heteroatoms. The maximum absolute atomic E-state index is 10.4. The molecule has 0 spiro atoms. The molecule has 1 rings (SSSR count). The van der Waals surface area contributed by atoms with Gasteiger partial charge in [-0.15, -0.1) is 0 Å². The zero-order valence-electron chi connectivity index (χ0n) is 11.0. The average molecular weight is 251 g/mol. The lowest BCUT2D eigenvalue weighted by atomic mass is 10.2. The van der Waals surface area contributed by atoms with Crippen molar-refractivity contribution in [3.8, 4) is 5.75 Å². The molecule has 100 valence electrons. The van der Waals surface area contributed by atoms with Crippen molar-refractivity contribution in [2.75, 3.05) is 11.9 Å². The first-order chi connectivity index (χ1) is 8.59. The van der Waals surface area contributed by atoms with Crippen molar-refractivity contribution in [2.24, 2.45) is 0 Å². The maximum atomic E-state index is 10.4. The highest BCUT2D eigenvalue weighted by Crippen LogP contribution is 2.24. The summed E-state index contributed by atoms with van der Waals surface area (Å²) < 4.78 is 5.68. The van der Waals surface area contributed by atoms with Gasteiger partial charge >= 0.3 is 5.97 Å². The fourth-order valence-corrected chi connectivity index (χ4v) is 1.59. The monoisotopic (exact) mass is 251 g/mol. The Kier molecular flexibility index (Phi) is 6.05. The van der Waals surface area contributed by atoms with E-state index in [0.717, 1.165) is 24.4 Å². The molecule has 0 amide bonds. The molecule has 0 atom stereocenters. The van der Waals surface area contributed by atoms with Gasteiger partial charge in [0.1, 0.15) is 5.75 Å². The molecule has 0 aliphatic heterocycles. The van der Waals surface area contributed by atoms with Crippen LogP contribution in [0.25, 0.3) is 0 Å². The Bertz CT molecular complexity index is 377. The number of carboxylic acid groups (broad SMARTS) is 1. The van der Waals surface area contributed by atoms with Crippen LogP contribution in [0, 0.1) is 0 Å². The molecule has 0 unspecified atom stereocenters. The van der Waals surface area contributed by atoms with E-state index in [4.69, 9.17) is 9.84 Å². The first kappa shape index (κ1) is 14.4. The molecule has 0 aliphatic rings. The minimum absolute atomic E-state index is 0.139. The molecule has 0 saturated carbocycles. The largest absolute Gasteiger partial charge is 0.489 e. The Morgan fingerprint density at radius 1 is 1.33 bits per heavy atom. The summed E-state index contributed by atoms with van der Waals surface area (Å²) >= 11 is 0. The lowest BCUT2D eigenvalue weighted by molar-refractivity contribution is -0.137. The number of anilines is 1. The van der Waals surface area contributed by atoms with E-state index in [1.165, 1.54) is 0 Å². The molecule has 18 heavy (non-hydrogen) atoms. The van der Waals surface area contributed by atoms with Crippen molar-refractivity contribution >= 4 is 11.7 Å². The number of unbranched alkanes of at least 4 members (excludes halogenated alkanes) is 1. The van der Waals surface area contributed by atoms with Crippen LogP contribution in [0.3, 0.4) is 0 Å². The molecule has 0 radical (unpaired) electrons. The van der Waals surface area contributed by atoms with Gasteiger partial charge in [0.25, 0.3) is 0 Å². The number of hydrogen-bond donors (Lipinski definition) is 2. The molecule has 2 N–H and O–H groups in total. The van der Waals surface area contributed by atoms with Gasteiger partial charge < -0.3 is 15.2 Å². The van der Waals surface area contributed by atoms with E-state index in [0.29, 0.717) is 6.42 Å². The first-order valence-electron chi connectivity index (χ1n) is 6.31. The normalized spacial score (nSPS) is 10.4. The summed E-state index contributed by atoms with van der Waals surface area (Å²) in [6.45, 7) is 4.74. The predicted molar refractivity (Wildman–Crippen MR) is 72.2 cm³/mol. The van der Waals surface area contributed by atoms with Gasteiger partial charge in [0.15, 0.2) is 0 Å². The fourth-order valence-electron chi connectivity index (χ4n) is 1.59. The van der Waals surface area contributed by atoms with Crippen LogP contribution in [-0.4, -0.2) is 23.7 Å². The van der Waals surface area contributed by atoms with Gasteiger partial charge in [-0.05, 0) is 38.8 Å². The third kappa shape index (κ3) is 5.57. The lowest BCUT2D eigenvalue weighted by Crippen LogP contribution is -2.09. The highest BCUT2D eigenvalue weighted by Gasteiger charge is 2.04. The Morgan fingerprint density at radius 2 is 2.06 bits per heavy atom. The van der Waals surface area contributed by atoms with Crippen LogP contribution < -0.4 is 10.1 Å². The molecule has 0 heterocycles. The van der Waals surface area contributed by atoms with Gasteiger partial charge in [-0.1, -0.05) is 12.1 Å². The van der Waals surface area contributed by atoms with Crippen molar-refractivity contribution < 1.29 is 14.6 Å². The van der Waals surface area contributed by atoms with Gasteiger partial charge in [-0.25, -0.2) is 0 Å². The highest BCUT2D eigenvalue weighted by atomic mass is 16.5. The number of rotatable bonds is 8. The summed E-state index contributed by atoms with van der Waals surface area (Å²) in [4.78, 5) is 10.4. The Hall–Kier alpha value is -1.71. The van der Waals surface area contributed by atoms with E-state index in [1.807, 2.05) is 38.1 Å². The van der Waals surface area contributed by atoms with Crippen LogP contribution in [0.1, 0.15) is 33.1 Å². The van der Waals surface area contributed by atoms with Crippen molar-refractivity contribution in [3.05, 3.63) is 24.3 Å². The minimum atomic E-state index is -0.737. The van der Waals surface area contributed by atoms with E-state index < -0.39 is 5.97 Å². The third-order valence-electron chi connectivity index (χ3n) is 2.38. The van der Waals surface area contributed by atoms with Gasteiger partial charge in [0.2, 0.25) is 0 Å². The summed E-state index contributed by atoms with van der Waals surface area (Å²) in [5, 5.41) is 11.8. The molecule has 1 aromatic rings. The molecule has 1 aromatic carbocycles. The van der Waals surface area contributed by atoms with Gasteiger partial charge in [-0.3, -0.25) is 4.79 Å². The number of ether oxygens (including phenoxy) is 1. The van der Waals surface area contributed by atoms with Crippen LogP contribution in [0.15, 0.2) is 24.3 Å². The van der Waals surface area contributed by atoms with Crippen LogP contribution in [-0.2, 0) is 4.79 Å². The van der Waals surface area contributed by atoms with Crippen LogP contribution in [0.2, 0.25) is 0 Å². The highest BCUT2D eigenvalue weighted by molar-refractivity contribution is 5.66. The number of carboxylic acids is 1. The summed E-state index contributed by atoms with van der Waals surface area (Å²) in [6, 6.07) is 7.79. The quantitative estimate of drug-likeness (QED) is 0.697. The molecular formula is C14H21NO3. The van der Waals surface area contributed by atoms with Crippen molar-refractivity contribution in [1.29, 1.82) is 0 Å². The number of benzene rings is 1. The number of carbonyl (C=O) groups is 1. The summed E-state index contributed by atoms with van der Waals surface area (Å²) in [7, 11) is 0. The Morgan fingerprint density at radius 3 is 2.72 bits per heavy atom. The standard InChI is InChI=1S/C14H21NO3/c1-11(2)18-13-8-4-3-7-12(13)15-10-6-5-9-14(16)17/h3-4,7-8,11,15H,5-6,9-10H2,1-2H3,(H,16,17). The Labute approximate surface area is 108 Å². The molecular weight excluding hydrogens is 230 g/mol. The van der Waals surface area contributed by atoms with Crippen LogP contribution >= 0.6 is 0 Å². The van der Waals surface area contributed by atoms with E-state index in [1.54, 1.807) is 0 Å². The smallest absolute Gasteiger partial charge is 0.303 e. The fraction of sp³-hybridized carbons (Fsp3) is 0.500. The number of aliphatic carboxylic acids is 1. The predicted octanol–water partition coefficient (Wildman–Crippen LogP) is 3.14. The van der Waals surface area contributed by atoms with E-state index in [2.05, 4.69) is 5.32 Å². The van der Waals surface area contributed by atoms with Crippen molar-refractivity contribution in [2.45, 2.75) is 39.2 Å². The molecule has 0 saturated heterocycles. The molecule has 0 bridgehead atoms. The summed E-state index contributed by atoms with van der Waals surface area (Å²) in [6.07, 6.45) is 1.89. The van der Waals surface area contributed by atoms with Gasteiger partial charge in [0.05, 0.1) is 11.8 Å². The zero-order valence-corrected chi connectivity index (χ0v) is 11.0. The minimum Gasteiger partial charge on any atom is -0.489 e. The average Bonchev–Trinajstić information content (AvgIpc) is 2.29. The zero-order chi connectivity index (χ0) is 13.4. The molecule has 0 aromatic heterocycles. The van der Waals surface area contributed by atoms with Crippen molar-refractivity contribution in [3.63, 3.8) is 0 Å². The molecule has 4 nitrogen and oxygen atoms in total. The first-order valence-corrected chi connectivity index (χ1v) is 6.31. The van der Waals surface area contributed by atoms with Gasteiger partial charge in [-0.2, -0.15) is 0 Å². The maximum Gasteiger partial charge on any atom is 0.303 e. The Balaban J connectivity index is 2.39. The molecule has 0 aliphatic carbocycles. The summed E-state index contributed by atoms with van der Waals surface area (Å²) in [5.74, 6) is 0.101. The third-order valence-corrected chi connectivity index (χ3v) is 2.38. The number of para-hydroxylation sites is 2. The van der Waals surface area contributed by atoms with Crippen molar-refractivity contribution in [1.82, 2.24) is 0 Å². The molecule has 0 fully saturated rings. The van der Waals surface area contributed by atoms with Crippen LogP contribution in [0.4, 0.5) is 5.69 Å². The topological polar surface area (TPSA) is 58.6 Å². The van der Waals surface area contributed by atoms with E-state index in [9.17, 15) is 4.79 Å². The second kappa shape index (κ2) is 7.58. The lowest BCUT2D eigenvalue weighted by Gasteiger charge is -2.15. The summed E-state index contributed by atoms with van der Waals surface area (Å²) in [5.41, 5.74) is 0.960. The SMILES string of the molecule is CC(C)Oc1ccccc1NCCCCC(=O)O. The van der Waals surface area contributed by atoms with Gasteiger partial charge in [0, 0.05) is 13.0 Å². The second-order valence-corrected chi connectivity index (χ2v) is 4.44. The van der Waals surface area contributed by atoms with Crippen LogP contribution in [0.5, 0.6) is 5.75 Å². The number of hydrogen-bond acceptors (Lipinski definition) is 3. The van der Waals surface area contributed by atoms with E-state index >= 15 is 0 Å². The number of nitrogens with one attached hydrogen (secondary N) is 1. The second-order valence-electron chi connectivity index (χ2n) is 4.44.